The average molecular weight is 114 g/mol. The Morgan fingerprint density at radius 2 is 1.88 bits per heavy atom. The Hall–Kier alpha value is -0.0400. The van der Waals surface area contributed by atoms with Crippen LogP contribution in [0.25, 0.3) is 0 Å². The molecule has 1 aliphatic heterocycles. The first-order valence-corrected chi connectivity index (χ1v) is 3.33. The zero-order chi connectivity index (χ0) is 6.15. The third kappa shape index (κ3) is 0.873. The second-order valence-electron chi connectivity index (χ2n) is 2.87. The fourth-order valence-electron chi connectivity index (χ4n) is 1.07. The molecule has 0 aromatic rings. The molecule has 1 heterocycles. The van der Waals surface area contributed by atoms with E-state index in [0.717, 1.165) is 18.4 Å². The minimum Gasteiger partial charge on any atom is -0.378 e. The van der Waals surface area contributed by atoms with Gasteiger partial charge in [0.15, 0.2) is 0 Å². The van der Waals surface area contributed by atoms with Crippen LogP contribution in [0.3, 0.4) is 0 Å². The highest BCUT2D eigenvalue weighted by molar-refractivity contribution is 4.73. The van der Waals surface area contributed by atoms with Crippen molar-refractivity contribution in [1.29, 1.82) is 0 Å². The summed E-state index contributed by atoms with van der Waals surface area (Å²) in [5.41, 5.74) is 0. The molecule has 0 amide bonds. The summed E-state index contributed by atoms with van der Waals surface area (Å²) in [7, 11) is 0. The van der Waals surface area contributed by atoms with Gasteiger partial charge in [-0.25, -0.2) is 0 Å². The molecule has 0 aromatic carbocycles. The van der Waals surface area contributed by atoms with Crippen molar-refractivity contribution in [3.05, 3.63) is 0 Å². The van der Waals surface area contributed by atoms with E-state index in [1.54, 1.807) is 0 Å². The lowest BCUT2D eigenvalue weighted by atomic mass is 9.96. The quantitative estimate of drug-likeness (QED) is 0.465. The van der Waals surface area contributed by atoms with Crippen LogP contribution in [0.1, 0.15) is 20.8 Å². The summed E-state index contributed by atoms with van der Waals surface area (Å²) >= 11 is 0. The molecule has 0 spiro atoms. The number of rotatable bonds is 0. The van der Waals surface area contributed by atoms with Crippen LogP contribution in [-0.4, -0.2) is 12.7 Å². The standard InChI is InChI=1S/C7H14O/c1-5-4-8-7(3)6(5)2/h5-7H,4H2,1-3H3/t5-,6+,7+/m0/s1. The molecule has 1 saturated heterocycles. The largest absolute Gasteiger partial charge is 0.378 e. The van der Waals surface area contributed by atoms with Gasteiger partial charge in [-0.05, 0) is 18.8 Å². The Morgan fingerprint density at radius 1 is 1.25 bits per heavy atom. The van der Waals surface area contributed by atoms with Gasteiger partial charge in [-0.1, -0.05) is 13.8 Å². The maximum atomic E-state index is 5.38. The van der Waals surface area contributed by atoms with E-state index in [-0.39, 0.29) is 0 Å². The van der Waals surface area contributed by atoms with Crippen LogP contribution >= 0.6 is 0 Å². The van der Waals surface area contributed by atoms with Gasteiger partial charge >= 0.3 is 0 Å². The molecule has 0 bridgehead atoms. The van der Waals surface area contributed by atoms with E-state index in [0.29, 0.717) is 6.10 Å². The SMILES string of the molecule is C[C@@H]1[C@@H](C)CO[C@@H]1C. The highest BCUT2D eigenvalue weighted by Gasteiger charge is 2.26. The van der Waals surface area contributed by atoms with Crippen molar-refractivity contribution in [1.82, 2.24) is 0 Å². The first-order chi connectivity index (χ1) is 3.72. The molecule has 0 aromatic heterocycles. The molecule has 1 nitrogen and oxygen atoms in total. The normalized spacial score (nSPS) is 47.6. The van der Waals surface area contributed by atoms with Gasteiger partial charge in [0.05, 0.1) is 6.10 Å². The molecule has 0 radical (unpaired) electrons. The van der Waals surface area contributed by atoms with Gasteiger partial charge < -0.3 is 4.74 Å². The van der Waals surface area contributed by atoms with Gasteiger partial charge in [0, 0.05) is 6.61 Å². The summed E-state index contributed by atoms with van der Waals surface area (Å²) in [5.74, 6) is 1.53. The first kappa shape index (κ1) is 6.09. The molecule has 1 rings (SSSR count). The predicted molar refractivity (Wildman–Crippen MR) is 33.7 cm³/mol. The molecular formula is C7H14O. The summed E-state index contributed by atoms with van der Waals surface area (Å²) in [6.45, 7) is 7.60. The van der Waals surface area contributed by atoms with E-state index >= 15 is 0 Å². The van der Waals surface area contributed by atoms with E-state index in [1.165, 1.54) is 0 Å². The van der Waals surface area contributed by atoms with Gasteiger partial charge in [-0.15, -0.1) is 0 Å². The lowest BCUT2D eigenvalue weighted by Gasteiger charge is -2.09. The van der Waals surface area contributed by atoms with Gasteiger partial charge in [-0.3, -0.25) is 0 Å². The Morgan fingerprint density at radius 3 is 2.00 bits per heavy atom. The summed E-state index contributed by atoms with van der Waals surface area (Å²) in [4.78, 5) is 0. The highest BCUT2D eigenvalue weighted by atomic mass is 16.5. The molecule has 1 heteroatoms. The van der Waals surface area contributed by atoms with E-state index in [2.05, 4.69) is 20.8 Å². The molecule has 8 heavy (non-hydrogen) atoms. The summed E-state index contributed by atoms with van der Waals surface area (Å²) in [6, 6.07) is 0. The molecule has 0 unspecified atom stereocenters. The lowest BCUT2D eigenvalue weighted by Crippen LogP contribution is -2.10. The molecular weight excluding hydrogens is 100 g/mol. The maximum absolute atomic E-state index is 5.38. The van der Waals surface area contributed by atoms with Crippen LogP contribution in [-0.2, 0) is 4.74 Å². The van der Waals surface area contributed by atoms with Crippen LogP contribution in [0.2, 0.25) is 0 Å². The van der Waals surface area contributed by atoms with E-state index in [1.807, 2.05) is 0 Å². The highest BCUT2D eigenvalue weighted by Crippen LogP contribution is 2.24. The molecule has 48 valence electrons. The zero-order valence-corrected chi connectivity index (χ0v) is 5.85. The van der Waals surface area contributed by atoms with E-state index in [4.69, 9.17) is 4.74 Å². The Bertz CT molecular complexity index is 70.5. The minimum atomic E-state index is 0.491. The molecule has 0 saturated carbocycles. The molecule has 0 aliphatic carbocycles. The van der Waals surface area contributed by atoms with Crippen molar-refractivity contribution in [3.8, 4) is 0 Å². The van der Waals surface area contributed by atoms with E-state index in [9.17, 15) is 0 Å². The van der Waals surface area contributed by atoms with Crippen molar-refractivity contribution in [2.45, 2.75) is 26.9 Å². The average Bonchev–Trinajstić information content (AvgIpc) is 1.98. The van der Waals surface area contributed by atoms with Gasteiger partial charge in [0.1, 0.15) is 0 Å². The number of hydrogen-bond acceptors (Lipinski definition) is 1. The molecule has 1 aliphatic rings. The van der Waals surface area contributed by atoms with Crippen molar-refractivity contribution in [3.63, 3.8) is 0 Å². The zero-order valence-electron chi connectivity index (χ0n) is 5.85. The van der Waals surface area contributed by atoms with Crippen LogP contribution in [0.15, 0.2) is 0 Å². The van der Waals surface area contributed by atoms with Crippen LogP contribution in [0, 0.1) is 11.8 Å². The van der Waals surface area contributed by atoms with Crippen molar-refractivity contribution in [2.75, 3.05) is 6.61 Å². The third-order valence-electron chi connectivity index (χ3n) is 2.26. The lowest BCUT2D eigenvalue weighted by molar-refractivity contribution is 0.108. The minimum absolute atomic E-state index is 0.491. The second-order valence-corrected chi connectivity index (χ2v) is 2.87. The number of ether oxygens (including phenoxy) is 1. The van der Waals surface area contributed by atoms with Crippen molar-refractivity contribution >= 4 is 0 Å². The van der Waals surface area contributed by atoms with Crippen molar-refractivity contribution < 1.29 is 4.74 Å². The fourth-order valence-corrected chi connectivity index (χ4v) is 1.07. The molecule has 0 N–H and O–H groups in total. The summed E-state index contributed by atoms with van der Waals surface area (Å²) in [6.07, 6.45) is 0.491. The first-order valence-electron chi connectivity index (χ1n) is 3.33. The maximum Gasteiger partial charge on any atom is 0.0576 e. The van der Waals surface area contributed by atoms with Crippen LogP contribution in [0.4, 0.5) is 0 Å². The van der Waals surface area contributed by atoms with Gasteiger partial charge in [0.2, 0.25) is 0 Å². The number of hydrogen-bond donors (Lipinski definition) is 0. The summed E-state index contributed by atoms with van der Waals surface area (Å²) < 4.78 is 5.38. The Kier molecular flexibility index (Phi) is 1.57. The topological polar surface area (TPSA) is 9.23 Å². The Balaban J connectivity index is 2.44. The third-order valence-corrected chi connectivity index (χ3v) is 2.26. The van der Waals surface area contributed by atoms with E-state index < -0.39 is 0 Å². The predicted octanol–water partition coefficient (Wildman–Crippen LogP) is 1.68. The van der Waals surface area contributed by atoms with Crippen LogP contribution < -0.4 is 0 Å². The fraction of sp³-hybridized carbons (Fsp3) is 1.00. The molecule has 3 atom stereocenters. The smallest absolute Gasteiger partial charge is 0.0576 e. The van der Waals surface area contributed by atoms with Gasteiger partial charge in [0.25, 0.3) is 0 Å². The Labute approximate surface area is 51.0 Å². The monoisotopic (exact) mass is 114 g/mol. The van der Waals surface area contributed by atoms with Crippen LogP contribution in [0.5, 0.6) is 0 Å². The van der Waals surface area contributed by atoms with Crippen molar-refractivity contribution in [2.24, 2.45) is 11.8 Å². The molecule has 1 fully saturated rings. The summed E-state index contributed by atoms with van der Waals surface area (Å²) in [5, 5.41) is 0. The second kappa shape index (κ2) is 2.06. The van der Waals surface area contributed by atoms with Gasteiger partial charge in [-0.2, -0.15) is 0 Å².